The largest absolute Gasteiger partial charge is 0.308 e. The van der Waals surface area contributed by atoms with Crippen LogP contribution < -0.4 is 0 Å². The summed E-state index contributed by atoms with van der Waals surface area (Å²) in [5.41, 5.74) is 19.9. The van der Waals surface area contributed by atoms with Crippen LogP contribution in [-0.4, -0.2) is 9.13 Å². The minimum atomic E-state index is 0.391. The van der Waals surface area contributed by atoms with Crippen LogP contribution in [0.15, 0.2) is 140 Å². The lowest BCUT2D eigenvalue weighted by Crippen LogP contribution is -2.05. The zero-order valence-electron chi connectivity index (χ0n) is 35.5. The molecule has 0 radical (unpaired) electrons. The highest BCUT2D eigenvalue weighted by molar-refractivity contribution is 6.12. The first kappa shape index (κ1) is 38.1. The predicted octanol–water partition coefficient (Wildman–Crippen LogP) is 14.3. The summed E-state index contributed by atoms with van der Waals surface area (Å²) in [6, 6.07) is 55.7. The number of benzene rings is 8. The SMILES string of the molecule is Cc1cc(C)c(-c2ccc3c4ccccc4n(-c4cc(-c5cc(C#N)cc(C#N)c5)cc(-n5c6ccccc6c6ccc(-c7c(C)cc(C)cc7C)cc65)c4C#N)c3c2)c(C)c1. The van der Waals surface area contributed by atoms with Crippen LogP contribution >= 0.6 is 0 Å². The molecule has 0 aliphatic rings. The third-order valence-electron chi connectivity index (χ3n) is 12.5. The Bertz CT molecular complexity index is 3410. The van der Waals surface area contributed by atoms with Gasteiger partial charge in [0.15, 0.2) is 0 Å². The minimum absolute atomic E-state index is 0.391. The monoisotopic (exact) mass is 795 g/mol. The van der Waals surface area contributed by atoms with Crippen LogP contribution in [0, 0.1) is 75.5 Å². The lowest BCUT2D eigenvalue weighted by molar-refractivity contribution is 1.12. The van der Waals surface area contributed by atoms with Crippen molar-refractivity contribution in [3.63, 3.8) is 0 Å². The van der Waals surface area contributed by atoms with E-state index in [0.717, 1.165) is 60.3 Å². The molecule has 8 aromatic carbocycles. The summed E-state index contributed by atoms with van der Waals surface area (Å²) in [4.78, 5) is 0. The smallest absolute Gasteiger partial charge is 0.104 e. The van der Waals surface area contributed by atoms with Gasteiger partial charge in [0, 0.05) is 21.5 Å². The molecule has 0 unspecified atom stereocenters. The van der Waals surface area contributed by atoms with Gasteiger partial charge in [0.2, 0.25) is 0 Å². The molecule has 0 atom stereocenters. The summed E-state index contributed by atoms with van der Waals surface area (Å²) in [6.07, 6.45) is 0. The number of fused-ring (bicyclic) bond motifs is 6. The van der Waals surface area contributed by atoms with Gasteiger partial charge >= 0.3 is 0 Å². The van der Waals surface area contributed by atoms with Crippen molar-refractivity contribution in [2.24, 2.45) is 0 Å². The maximum atomic E-state index is 11.6. The fraction of sp³-hybridized carbons (Fsp3) is 0.105. The Morgan fingerprint density at radius 2 is 0.742 bits per heavy atom. The van der Waals surface area contributed by atoms with E-state index in [1.807, 2.05) is 24.3 Å². The molecule has 2 heterocycles. The van der Waals surface area contributed by atoms with Crippen LogP contribution in [-0.2, 0) is 0 Å². The maximum Gasteiger partial charge on any atom is 0.104 e. The molecule has 62 heavy (non-hydrogen) atoms. The molecule has 0 fully saturated rings. The molecule has 5 nitrogen and oxygen atoms in total. The number of nitrogens with zero attached hydrogens (tertiary/aromatic N) is 5. The number of rotatable bonds is 5. The van der Waals surface area contributed by atoms with Gasteiger partial charge in [-0.05, 0) is 152 Å². The second kappa shape index (κ2) is 14.5. The summed E-state index contributed by atoms with van der Waals surface area (Å²) in [7, 11) is 0. The molecule has 10 rings (SSSR count). The summed E-state index contributed by atoms with van der Waals surface area (Å²) < 4.78 is 4.46. The molecule has 0 spiro atoms. The number of nitriles is 3. The molecule has 2 aromatic heterocycles. The van der Waals surface area contributed by atoms with Crippen molar-refractivity contribution in [1.29, 1.82) is 15.8 Å². The third kappa shape index (κ3) is 5.97. The number of aryl methyl sites for hydroxylation is 6. The average molecular weight is 796 g/mol. The fourth-order valence-electron chi connectivity index (χ4n) is 10.2. The lowest BCUT2D eigenvalue weighted by atomic mass is 9.93. The van der Waals surface area contributed by atoms with Crippen molar-refractivity contribution in [2.75, 3.05) is 0 Å². The first-order chi connectivity index (χ1) is 30.1. The van der Waals surface area contributed by atoms with Crippen LogP contribution in [0.25, 0.3) is 88.4 Å². The van der Waals surface area contributed by atoms with Gasteiger partial charge in [0.25, 0.3) is 0 Å². The summed E-state index contributed by atoms with van der Waals surface area (Å²) in [6.45, 7) is 12.9. The number of hydrogen-bond acceptors (Lipinski definition) is 3. The predicted molar refractivity (Wildman–Crippen MR) is 254 cm³/mol. The highest BCUT2D eigenvalue weighted by Gasteiger charge is 2.24. The standard InChI is InChI=1S/C57H41N5/c1-33-19-35(3)56(36(4)20-33)41-15-17-47-45-11-7-9-13-50(45)61(52(47)26-41)54-28-44(43-24-39(30-58)23-40(25-43)31-59)29-55(49(54)32-60)62-51-14-10-8-12-46(51)48-18-16-42(27-53(48)62)57-37(5)21-34(2)22-38(57)6/h7-29H,1-6H3. The van der Waals surface area contributed by atoms with Gasteiger partial charge in [-0.3, -0.25) is 0 Å². The average Bonchev–Trinajstić information content (AvgIpc) is 3.77. The first-order valence-corrected chi connectivity index (χ1v) is 20.8. The van der Waals surface area contributed by atoms with Crippen molar-refractivity contribution in [3.8, 4) is 63.0 Å². The summed E-state index contributed by atoms with van der Waals surface area (Å²) >= 11 is 0. The molecule has 0 amide bonds. The summed E-state index contributed by atoms with van der Waals surface area (Å²) in [5.74, 6) is 0. The molecular formula is C57H41N5. The Hall–Kier alpha value is -8.17. The molecular weight excluding hydrogens is 755 g/mol. The Morgan fingerprint density at radius 3 is 1.15 bits per heavy atom. The van der Waals surface area contributed by atoms with Gasteiger partial charge in [-0.15, -0.1) is 0 Å². The van der Waals surface area contributed by atoms with E-state index in [1.165, 1.54) is 44.5 Å². The fourth-order valence-corrected chi connectivity index (χ4v) is 10.2. The van der Waals surface area contributed by atoms with Crippen LogP contribution in [0.2, 0.25) is 0 Å². The van der Waals surface area contributed by atoms with Gasteiger partial charge in [0.05, 0.1) is 56.7 Å². The van der Waals surface area contributed by atoms with Crippen LogP contribution in [0.5, 0.6) is 0 Å². The Morgan fingerprint density at radius 1 is 0.355 bits per heavy atom. The first-order valence-electron chi connectivity index (χ1n) is 20.8. The molecule has 0 saturated heterocycles. The van der Waals surface area contributed by atoms with E-state index in [1.54, 1.807) is 6.07 Å². The van der Waals surface area contributed by atoms with Crippen molar-refractivity contribution >= 4 is 43.6 Å². The third-order valence-corrected chi connectivity index (χ3v) is 12.5. The van der Waals surface area contributed by atoms with Crippen molar-refractivity contribution < 1.29 is 0 Å². The van der Waals surface area contributed by atoms with Crippen molar-refractivity contribution in [1.82, 2.24) is 9.13 Å². The quantitative estimate of drug-likeness (QED) is 0.174. The molecule has 0 bridgehead atoms. The van der Waals surface area contributed by atoms with E-state index < -0.39 is 0 Å². The second-order valence-electron chi connectivity index (χ2n) is 16.7. The van der Waals surface area contributed by atoms with Gasteiger partial charge < -0.3 is 9.13 Å². The highest BCUT2D eigenvalue weighted by Crippen LogP contribution is 2.43. The number of aromatic nitrogens is 2. The Labute approximate surface area is 361 Å². The van der Waals surface area contributed by atoms with Crippen molar-refractivity contribution in [3.05, 3.63) is 190 Å². The van der Waals surface area contributed by atoms with Crippen LogP contribution in [0.1, 0.15) is 50.1 Å². The zero-order valence-corrected chi connectivity index (χ0v) is 35.5. The normalized spacial score (nSPS) is 11.3. The van der Waals surface area contributed by atoms with Crippen molar-refractivity contribution in [2.45, 2.75) is 41.5 Å². The van der Waals surface area contributed by atoms with E-state index in [2.05, 4.69) is 178 Å². The van der Waals surface area contributed by atoms with E-state index in [0.29, 0.717) is 33.6 Å². The second-order valence-corrected chi connectivity index (χ2v) is 16.7. The Balaban J connectivity index is 1.36. The highest BCUT2D eigenvalue weighted by atomic mass is 15.0. The molecule has 0 aliphatic heterocycles. The van der Waals surface area contributed by atoms with Gasteiger partial charge in [-0.2, -0.15) is 15.8 Å². The molecule has 5 heteroatoms. The molecule has 0 N–H and O–H groups in total. The minimum Gasteiger partial charge on any atom is -0.308 e. The van der Waals surface area contributed by atoms with E-state index in [9.17, 15) is 15.8 Å². The van der Waals surface area contributed by atoms with Crippen LogP contribution in [0.4, 0.5) is 0 Å². The van der Waals surface area contributed by atoms with E-state index >= 15 is 0 Å². The Kier molecular flexibility index (Phi) is 8.92. The number of para-hydroxylation sites is 2. The molecule has 0 saturated carbocycles. The van der Waals surface area contributed by atoms with Gasteiger partial charge in [-0.1, -0.05) is 96.1 Å². The lowest BCUT2D eigenvalue weighted by Gasteiger charge is -2.19. The zero-order chi connectivity index (χ0) is 43.0. The van der Waals surface area contributed by atoms with Gasteiger partial charge in [0.1, 0.15) is 11.6 Å². The van der Waals surface area contributed by atoms with E-state index in [-0.39, 0.29) is 0 Å². The van der Waals surface area contributed by atoms with E-state index in [4.69, 9.17) is 0 Å². The maximum absolute atomic E-state index is 11.6. The van der Waals surface area contributed by atoms with Gasteiger partial charge in [-0.25, -0.2) is 0 Å². The summed E-state index contributed by atoms with van der Waals surface area (Å²) in [5, 5.41) is 36.2. The molecule has 10 aromatic rings. The molecule has 0 aliphatic carbocycles. The van der Waals surface area contributed by atoms with Crippen LogP contribution in [0.3, 0.4) is 0 Å². The molecule has 294 valence electrons. The number of hydrogen-bond donors (Lipinski definition) is 0. The topological polar surface area (TPSA) is 81.2 Å².